The first kappa shape index (κ1) is 31.4. The predicted octanol–water partition coefficient (Wildman–Crippen LogP) is 4.64. The summed E-state index contributed by atoms with van der Waals surface area (Å²) in [5.41, 5.74) is 2.88. The van der Waals surface area contributed by atoms with Gasteiger partial charge in [0.15, 0.2) is 11.6 Å². The van der Waals surface area contributed by atoms with Crippen molar-refractivity contribution in [2.24, 2.45) is 0 Å². The first-order valence-electron chi connectivity index (χ1n) is 14.9. The Hall–Kier alpha value is -4.62. The molecule has 0 bridgehead atoms. The maximum atomic E-state index is 14.1. The number of benzene rings is 3. The maximum absolute atomic E-state index is 14.1. The van der Waals surface area contributed by atoms with Crippen LogP contribution in [0.2, 0.25) is 0 Å². The van der Waals surface area contributed by atoms with E-state index in [1.54, 1.807) is 16.9 Å². The molecule has 0 saturated heterocycles. The van der Waals surface area contributed by atoms with E-state index in [0.29, 0.717) is 24.8 Å². The van der Waals surface area contributed by atoms with E-state index in [0.717, 1.165) is 39.9 Å². The summed E-state index contributed by atoms with van der Waals surface area (Å²) in [5, 5.41) is 11.2. The van der Waals surface area contributed by atoms with E-state index in [4.69, 9.17) is 4.74 Å². The number of ether oxygens (including phenoxy) is 1. The highest BCUT2D eigenvalue weighted by molar-refractivity contribution is 7.89. The Morgan fingerprint density at radius 3 is 2.67 bits per heavy atom. The average molecular weight is 649 g/mol. The molecular weight excluding hydrogens is 614 g/mol. The summed E-state index contributed by atoms with van der Waals surface area (Å²) in [5.74, 6) is -1.90. The molecule has 0 radical (unpaired) electrons. The molecule has 2 unspecified atom stereocenters. The van der Waals surface area contributed by atoms with Crippen LogP contribution in [-0.2, 0) is 27.8 Å². The molecule has 240 valence electrons. The molecule has 46 heavy (non-hydrogen) atoms. The first-order valence-corrected chi connectivity index (χ1v) is 16.4. The molecule has 3 aromatic carbocycles. The molecule has 0 saturated carbocycles. The van der Waals surface area contributed by atoms with Crippen molar-refractivity contribution < 1.29 is 26.7 Å². The van der Waals surface area contributed by atoms with Crippen LogP contribution in [0.3, 0.4) is 0 Å². The number of rotatable bonds is 9. The van der Waals surface area contributed by atoms with Crippen LogP contribution in [0.1, 0.15) is 43.1 Å². The molecule has 13 heteroatoms. The molecule has 1 N–H and O–H groups in total. The van der Waals surface area contributed by atoms with Gasteiger partial charge in [-0.3, -0.25) is 14.0 Å². The topological polar surface area (TPSA) is 110 Å². The molecule has 2 aliphatic rings. The first-order chi connectivity index (χ1) is 22.0. The summed E-state index contributed by atoms with van der Waals surface area (Å²) in [4.78, 5) is 15.2. The maximum Gasteiger partial charge on any atom is 0.265 e. The molecule has 0 spiro atoms. The van der Waals surface area contributed by atoms with Crippen molar-refractivity contribution in [3.63, 3.8) is 0 Å². The van der Waals surface area contributed by atoms with E-state index < -0.39 is 33.6 Å². The summed E-state index contributed by atoms with van der Waals surface area (Å²) >= 11 is 0. The molecule has 2 atom stereocenters. The predicted molar refractivity (Wildman–Crippen MR) is 167 cm³/mol. The fraction of sp³-hybridized carbons (Fsp3) is 0.303. The Kier molecular flexibility index (Phi) is 8.62. The van der Waals surface area contributed by atoms with E-state index >= 15 is 0 Å². The molecule has 10 nitrogen and oxygen atoms in total. The second kappa shape index (κ2) is 12.6. The van der Waals surface area contributed by atoms with Gasteiger partial charge in [-0.15, -0.1) is 5.10 Å². The Morgan fingerprint density at radius 2 is 1.89 bits per heavy atom. The van der Waals surface area contributed by atoms with E-state index in [-0.39, 0.29) is 28.5 Å². The number of hydrogen-bond donors (Lipinski definition) is 1. The highest BCUT2D eigenvalue weighted by Gasteiger charge is 2.37. The molecule has 3 heterocycles. The number of aromatic nitrogens is 3. The average Bonchev–Trinajstić information content (AvgIpc) is 3.51. The minimum absolute atomic E-state index is 0.0563. The van der Waals surface area contributed by atoms with E-state index in [1.807, 2.05) is 6.07 Å². The van der Waals surface area contributed by atoms with Crippen molar-refractivity contribution in [2.45, 2.75) is 56.3 Å². The van der Waals surface area contributed by atoms with Gasteiger partial charge in [0.05, 0.1) is 23.2 Å². The van der Waals surface area contributed by atoms with Crippen molar-refractivity contribution in [3.05, 3.63) is 108 Å². The third-order valence-corrected chi connectivity index (χ3v) is 10.3. The van der Waals surface area contributed by atoms with Crippen LogP contribution in [-0.4, -0.2) is 64.3 Å². The zero-order valence-corrected chi connectivity index (χ0v) is 26.4. The van der Waals surface area contributed by atoms with Gasteiger partial charge >= 0.3 is 0 Å². The van der Waals surface area contributed by atoms with Crippen molar-refractivity contribution in [1.29, 1.82) is 0 Å². The van der Waals surface area contributed by atoms with E-state index in [1.165, 1.54) is 36.7 Å². The van der Waals surface area contributed by atoms with Crippen LogP contribution in [0, 0.1) is 11.6 Å². The van der Waals surface area contributed by atoms with Gasteiger partial charge in [0.2, 0.25) is 5.91 Å². The van der Waals surface area contributed by atoms with Gasteiger partial charge < -0.3 is 10.1 Å². The molecule has 0 aliphatic carbocycles. The van der Waals surface area contributed by atoms with Crippen LogP contribution in [0.5, 0.6) is 5.75 Å². The van der Waals surface area contributed by atoms with Crippen molar-refractivity contribution >= 4 is 15.9 Å². The highest BCUT2D eigenvalue weighted by atomic mass is 32.2. The number of nitrogens with zero attached hydrogens (tertiary/aromatic N) is 5. The molecule has 6 rings (SSSR count). The molecule has 1 amide bonds. The van der Waals surface area contributed by atoms with Crippen LogP contribution in [0.4, 0.5) is 8.78 Å². The summed E-state index contributed by atoms with van der Waals surface area (Å²) in [6, 6.07) is 14.4. The Balaban J connectivity index is 1.26. The van der Waals surface area contributed by atoms with Gasteiger partial charge in [0.25, 0.3) is 10.0 Å². The van der Waals surface area contributed by atoms with Gasteiger partial charge in [-0.2, -0.15) is 0 Å². The van der Waals surface area contributed by atoms with Crippen LogP contribution in [0.15, 0.2) is 84.2 Å². The van der Waals surface area contributed by atoms with Crippen molar-refractivity contribution in [3.8, 4) is 16.9 Å². The fourth-order valence-corrected chi connectivity index (χ4v) is 7.33. The Bertz CT molecular complexity index is 1910. The summed E-state index contributed by atoms with van der Waals surface area (Å²) in [6.45, 7) is 5.57. The molecule has 4 aromatic rings. The number of fused-ring (bicyclic) bond motifs is 1. The van der Waals surface area contributed by atoms with Crippen LogP contribution in [0.25, 0.3) is 11.1 Å². The van der Waals surface area contributed by atoms with Gasteiger partial charge in [-0.1, -0.05) is 41.6 Å². The smallest absolute Gasteiger partial charge is 0.265 e. The third-order valence-electron chi connectivity index (χ3n) is 8.41. The SMILES string of the molecule is CC(C)N(C)Cc1ccc2c(c1)OCCC2n1cc(CC2C(=O)NC=CN2S(=O)(=O)c2ccccc2-c2ccc(F)c(F)c2)nn1. The van der Waals surface area contributed by atoms with Gasteiger partial charge in [-0.25, -0.2) is 21.9 Å². The van der Waals surface area contributed by atoms with Gasteiger partial charge in [0.1, 0.15) is 11.8 Å². The Morgan fingerprint density at radius 1 is 1.09 bits per heavy atom. The zero-order valence-electron chi connectivity index (χ0n) is 25.6. The number of sulfonamides is 1. The van der Waals surface area contributed by atoms with Crippen molar-refractivity contribution in [1.82, 2.24) is 29.5 Å². The highest BCUT2D eigenvalue weighted by Crippen LogP contribution is 2.36. The second-order valence-corrected chi connectivity index (χ2v) is 13.5. The normalized spacial score (nSPS) is 18.1. The quantitative estimate of drug-likeness (QED) is 0.282. The summed E-state index contributed by atoms with van der Waals surface area (Å²) < 4.78 is 64.6. The lowest BCUT2D eigenvalue weighted by Crippen LogP contribution is -2.50. The second-order valence-electron chi connectivity index (χ2n) is 11.7. The number of amides is 1. The monoisotopic (exact) mass is 648 g/mol. The number of halogens is 2. The Labute approximate surface area is 266 Å². The summed E-state index contributed by atoms with van der Waals surface area (Å²) in [6.07, 6.45) is 4.86. The fourth-order valence-electron chi connectivity index (χ4n) is 5.66. The lowest BCUT2D eigenvalue weighted by molar-refractivity contribution is -0.124. The van der Waals surface area contributed by atoms with Gasteiger partial charge in [0, 0.05) is 55.2 Å². The van der Waals surface area contributed by atoms with Crippen molar-refractivity contribution in [2.75, 3.05) is 13.7 Å². The number of hydrogen-bond acceptors (Lipinski definition) is 7. The zero-order chi connectivity index (χ0) is 32.6. The molecular formula is C33H34F2N6O4S. The van der Waals surface area contributed by atoms with Crippen LogP contribution >= 0.6 is 0 Å². The van der Waals surface area contributed by atoms with E-state index in [2.05, 4.69) is 53.6 Å². The third kappa shape index (κ3) is 6.12. The number of nitrogens with one attached hydrogen (secondary N) is 1. The molecule has 2 aliphatic heterocycles. The lowest BCUT2D eigenvalue weighted by Gasteiger charge is -2.31. The number of carbonyl (C=O) groups is 1. The minimum Gasteiger partial charge on any atom is -0.493 e. The summed E-state index contributed by atoms with van der Waals surface area (Å²) in [7, 11) is -2.27. The van der Waals surface area contributed by atoms with Gasteiger partial charge in [-0.05, 0) is 56.3 Å². The van der Waals surface area contributed by atoms with E-state index in [9.17, 15) is 22.0 Å². The largest absolute Gasteiger partial charge is 0.493 e. The number of carbonyl (C=O) groups excluding carboxylic acids is 1. The molecule has 0 fully saturated rings. The standard InChI is InChI=1S/C33H34F2N6O4S/c1-21(2)39(3)19-22-8-10-26-29(12-15-45-31(26)16-22)40-20-24(37-38-40)18-30-33(42)36-13-14-41(30)46(43,44)32-7-5-4-6-25(32)23-9-11-27(34)28(35)17-23/h4-11,13-14,16-17,20-21,29-30H,12,15,18-19H2,1-3H3,(H,36,42). The molecule has 1 aromatic heterocycles. The lowest BCUT2D eigenvalue weighted by atomic mass is 9.98. The minimum atomic E-state index is -4.34. The van der Waals surface area contributed by atoms with Crippen LogP contribution < -0.4 is 10.1 Å².